The number of ether oxygens (including phenoxy) is 1. The molecule has 1 N–H and O–H groups in total. The Hall–Kier alpha value is -2.01. The molecule has 0 aliphatic heterocycles. The van der Waals surface area contributed by atoms with Crippen LogP contribution in [0, 0.1) is 6.92 Å². The number of nitrogens with zero attached hydrogens (tertiary/aromatic N) is 1. The van der Waals surface area contributed by atoms with Crippen LogP contribution in [-0.2, 0) is 17.7 Å². The van der Waals surface area contributed by atoms with E-state index in [2.05, 4.69) is 35.8 Å². The summed E-state index contributed by atoms with van der Waals surface area (Å²) in [5, 5.41) is 12.0. The van der Waals surface area contributed by atoms with Crippen LogP contribution in [0.25, 0.3) is 0 Å². The van der Waals surface area contributed by atoms with Crippen LogP contribution < -0.4 is 4.57 Å². The fraction of sp³-hybridized carbons (Fsp3) is 0.318. The van der Waals surface area contributed by atoms with E-state index in [1.807, 2.05) is 43.3 Å². The number of aliphatic hydroxyl groups is 1. The molecule has 3 aromatic rings. The van der Waals surface area contributed by atoms with Crippen LogP contribution in [0.5, 0.6) is 0 Å². The van der Waals surface area contributed by atoms with Gasteiger partial charge in [0.1, 0.15) is 0 Å². The molecule has 136 valence electrons. The quantitative estimate of drug-likeness (QED) is 0.480. The molecule has 3 nitrogen and oxygen atoms in total. The summed E-state index contributed by atoms with van der Waals surface area (Å²) in [5.74, 6) is 0. The number of rotatable bonds is 8. The van der Waals surface area contributed by atoms with Gasteiger partial charge < -0.3 is 9.84 Å². The Morgan fingerprint density at radius 2 is 1.69 bits per heavy atom. The summed E-state index contributed by atoms with van der Waals surface area (Å²) >= 11 is 1.69. The molecule has 0 aliphatic rings. The summed E-state index contributed by atoms with van der Waals surface area (Å²) < 4.78 is 7.79. The third-order valence-corrected chi connectivity index (χ3v) is 5.91. The first-order chi connectivity index (χ1) is 12.7. The van der Waals surface area contributed by atoms with E-state index in [4.69, 9.17) is 4.74 Å². The SMILES string of the molecule is CCOCCc1s[13c](C(O)c2ccccc2)[n+](Cc2ccccc2)c1C. The summed E-state index contributed by atoms with van der Waals surface area (Å²) in [5.41, 5.74) is 3.37. The van der Waals surface area contributed by atoms with Crippen molar-refractivity contribution in [2.24, 2.45) is 0 Å². The molecule has 0 fully saturated rings. The zero-order valence-electron chi connectivity index (χ0n) is 15.4. The molecular weight excluding hydrogens is 343 g/mol. The Bertz CT molecular complexity index is 815. The molecule has 3 rings (SSSR count). The van der Waals surface area contributed by atoms with Crippen molar-refractivity contribution in [1.29, 1.82) is 0 Å². The van der Waals surface area contributed by atoms with Crippen LogP contribution in [-0.4, -0.2) is 18.3 Å². The van der Waals surface area contributed by atoms with Gasteiger partial charge in [-0.3, -0.25) is 0 Å². The van der Waals surface area contributed by atoms with Crippen molar-refractivity contribution in [3.8, 4) is 0 Å². The number of aliphatic hydroxyl groups excluding tert-OH is 1. The minimum atomic E-state index is -0.621. The predicted molar refractivity (Wildman–Crippen MR) is 105 cm³/mol. The first-order valence-electron chi connectivity index (χ1n) is 9.07. The lowest BCUT2D eigenvalue weighted by molar-refractivity contribution is -0.699. The molecule has 1 heterocycles. The minimum absolute atomic E-state index is 0.621. The fourth-order valence-electron chi connectivity index (χ4n) is 3.06. The third-order valence-electron chi connectivity index (χ3n) is 4.51. The zero-order chi connectivity index (χ0) is 18.4. The highest BCUT2D eigenvalue weighted by Crippen LogP contribution is 2.28. The van der Waals surface area contributed by atoms with Crippen LogP contribution in [0.1, 0.15) is 39.7 Å². The van der Waals surface area contributed by atoms with Gasteiger partial charge in [-0.25, -0.2) is 0 Å². The summed E-state index contributed by atoms with van der Waals surface area (Å²) in [6.07, 6.45) is 0.255. The van der Waals surface area contributed by atoms with Crippen molar-refractivity contribution in [2.45, 2.75) is 32.9 Å². The van der Waals surface area contributed by atoms with E-state index >= 15 is 0 Å². The molecule has 0 spiro atoms. The van der Waals surface area contributed by atoms with Gasteiger partial charge in [-0.15, -0.1) is 0 Å². The van der Waals surface area contributed by atoms with E-state index in [0.29, 0.717) is 6.61 Å². The summed E-state index contributed by atoms with van der Waals surface area (Å²) in [7, 11) is 0. The normalized spacial score (nSPS) is 12.3. The van der Waals surface area contributed by atoms with Gasteiger partial charge in [0.05, 0.1) is 11.5 Å². The van der Waals surface area contributed by atoms with Gasteiger partial charge >= 0.3 is 0 Å². The zero-order valence-corrected chi connectivity index (χ0v) is 16.2. The Morgan fingerprint density at radius 3 is 2.35 bits per heavy atom. The number of hydrogen-bond donors (Lipinski definition) is 1. The lowest BCUT2D eigenvalue weighted by Crippen LogP contribution is -2.40. The lowest BCUT2D eigenvalue weighted by Gasteiger charge is -2.08. The molecule has 0 amide bonds. The first-order valence-corrected chi connectivity index (χ1v) is 9.89. The highest BCUT2D eigenvalue weighted by Gasteiger charge is 2.29. The molecule has 0 radical (unpaired) electrons. The summed E-state index contributed by atoms with van der Waals surface area (Å²) in [6.45, 7) is 6.36. The molecule has 0 bridgehead atoms. The lowest BCUT2D eigenvalue weighted by atomic mass is 10.2. The molecule has 0 saturated carbocycles. The topological polar surface area (TPSA) is 33.3 Å². The van der Waals surface area contributed by atoms with Gasteiger partial charge in [-0.1, -0.05) is 72.0 Å². The molecule has 26 heavy (non-hydrogen) atoms. The minimum Gasteiger partial charge on any atom is -0.381 e. The second kappa shape index (κ2) is 9.08. The molecule has 0 aliphatic carbocycles. The van der Waals surface area contributed by atoms with Crippen molar-refractivity contribution in [1.82, 2.24) is 0 Å². The Balaban J connectivity index is 1.96. The van der Waals surface area contributed by atoms with E-state index in [0.717, 1.165) is 30.1 Å². The first kappa shape index (κ1) is 18.8. The summed E-state index contributed by atoms with van der Waals surface area (Å²) in [6, 6.07) is 20.3. The van der Waals surface area contributed by atoms with Crippen LogP contribution in [0.2, 0.25) is 0 Å². The van der Waals surface area contributed by atoms with Crippen molar-refractivity contribution >= 4 is 11.3 Å². The molecule has 4 heteroatoms. The van der Waals surface area contributed by atoms with E-state index in [9.17, 15) is 5.11 Å². The maximum Gasteiger partial charge on any atom is 0.271 e. The van der Waals surface area contributed by atoms with Gasteiger partial charge in [0.2, 0.25) is 0 Å². The smallest absolute Gasteiger partial charge is 0.271 e. The van der Waals surface area contributed by atoms with E-state index in [-0.39, 0.29) is 0 Å². The monoisotopic (exact) mass is 369 g/mol. The van der Waals surface area contributed by atoms with Gasteiger partial charge in [0, 0.05) is 25.5 Å². The maximum atomic E-state index is 11.0. The standard InChI is InChI=1S/C22H26NO2S/c1-3-25-15-14-20-17(2)23(16-18-10-6-4-7-11-18)22(26-20)21(24)19-12-8-5-9-13-19/h4-13,21,24H,3,14-16H2,1-2H3/q+1/i22+1. The predicted octanol–water partition coefficient (Wildman–Crippen LogP) is 4.05. The van der Waals surface area contributed by atoms with Gasteiger partial charge in [0.15, 0.2) is 18.3 Å². The second-order valence-corrected chi connectivity index (χ2v) is 7.40. The second-order valence-electron chi connectivity index (χ2n) is 6.28. The van der Waals surface area contributed by atoms with Crippen molar-refractivity contribution in [3.05, 3.63) is 87.4 Å². The van der Waals surface area contributed by atoms with Gasteiger partial charge in [-0.05, 0) is 12.5 Å². The van der Waals surface area contributed by atoms with Crippen LogP contribution in [0.15, 0.2) is 60.7 Å². The van der Waals surface area contributed by atoms with Crippen LogP contribution >= 0.6 is 11.3 Å². The molecular formula is C22H26NO2S+. The fourth-order valence-corrected chi connectivity index (χ4v) is 4.31. The summed E-state index contributed by atoms with van der Waals surface area (Å²) in [4.78, 5) is 1.28. The van der Waals surface area contributed by atoms with E-state index in [1.165, 1.54) is 16.1 Å². The highest BCUT2D eigenvalue weighted by molar-refractivity contribution is 7.11. The molecule has 1 atom stereocenters. The van der Waals surface area contributed by atoms with Gasteiger partial charge in [-0.2, -0.15) is 4.57 Å². The average molecular weight is 370 g/mol. The Morgan fingerprint density at radius 1 is 1.04 bits per heavy atom. The highest BCUT2D eigenvalue weighted by atomic mass is 32.1. The number of benzene rings is 2. The van der Waals surface area contributed by atoms with Gasteiger partial charge in [0.25, 0.3) is 5.01 Å². The number of aromatic nitrogens is 1. The van der Waals surface area contributed by atoms with E-state index < -0.39 is 6.10 Å². The Labute approximate surface area is 159 Å². The van der Waals surface area contributed by atoms with Crippen molar-refractivity contribution in [3.63, 3.8) is 0 Å². The van der Waals surface area contributed by atoms with Crippen molar-refractivity contribution in [2.75, 3.05) is 13.2 Å². The number of hydrogen-bond acceptors (Lipinski definition) is 3. The number of thiazole rings is 1. The van der Waals surface area contributed by atoms with Crippen molar-refractivity contribution < 1.29 is 14.4 Å². The van der Waals surface area contributed by atoms with Crippen LogP contribution in [0.3, 0.4) is 0 Å². The molecule has 1 aromatic heterocycles. The Kier molecular flexibility index (Phi) is 6.56. The van der Waals surface area contributed by atoms with Crippen LogP contribution in [0.4, 0.5) is 0 Å². The molecule has 2 aromatic carbocycles. The molecule has 0 saturated heterocycles. The maximum absolute atomic E-state index is 11.0. The van der Waals surface area contributed by atoms with E-state index in [1.54, 1.807) is 11.3 Å². The molecule has 1 unspecified atom stereocenters. The third kappa shape index (κ3) is 4.39. The largest absolute Gasteiger partial charge is 0.381 e. The average Bonchev–Trinajstić information content (AvgIpc) is 2.99.